The molecule has 19 heavy (non-hydrogen) atoms. The third kappa shape index (κ3) is 6.01. The summed E-state index contributed by atoms with van der Waals surface area (Å²) in [5.74, 6) is -0.583. The van der Waals surface area contributed by atoms with E-state index in [1.165, 1.54) is 6.08 Å². The molecular weight excluding hydrogens is 308 g/mol. The predicted molar refractivity (Wildman–Crippen MR) is 79.7 cm³/mol. The lowest BCUT2D eigenvalue weighted by atomic mass is 10.3. The molecule has 2 amide bonds. The topological polar surface area (TPSA) is 58.2 Å². The molecule has 0 atom stereocenters. The SMILES string of the molecule is C/C=C/C=C/C(=O)NCC(=O)Nc1ccccc1Br. The number of carbonyl (C=O) groups is 2. The lowest BCUT2D eigenvalue weighted by Crippen LogP contribution is -2.31. The molecule has 100 valence electrons. The summed E-state index contributed by atoms with van der Waals surface area (Å²) in [6.45, 7) is 1.79. The van der Waals surface area contributed by atoms with Gasteiger partial charge in [-0.15, -0.1) is 0 Å². The quantitative estimate of drug-likeness (QED) is 0.646. The van der Waals surface area contributed by atoms with Gasteiger partial charge in [-0.1, -0.05) is 30.4 Å². The van der Waals surface area contributed by atoms with E-state index in [0.29, 0.717) is 5.69 Å². The van der Waals surface area contributed by atoms with Gasteiger partial charge in [0, 0.05) is 10.5 Å². The summed E-state index contributed by atoms with van der Waals surface area (Å²) < 4.78 is 0.794. The van der Waals surface area contributed by atoms with Crippen LogP contribution < -0.4 is 10.6 Å². The second kappa shape index (κ2) is 8.26. The van der Waals surface area contributed by atoms with Gasteiger partial charge < -0.3 is 10.6 Å². The fourth-order valence-electron chi connectivity index (χ4n) is 1.24. The van der Waals surface area contributed by atoms with Crippen LogP contribution in [0.25, 0.3) is 0 Å². The fraction of sp³-hybridized carbons (Fsp3) is 0.143. The number of anilines is 1. The Balaban J connectivity index is 2.40. The van der Waals surface area contributed by atoms with E-state index in [1.807, 2.05) is 31.2 Å². The van der Waals surface area contributed by atoms with E-state index in [9.17, 15) is 9.59 Å². The van der Waals surface area contributed by atoms with Gasteiger partial charge in [-0.3, -0.25) is 9.59 Å². The predicted octanol–water partition coefficient (Wildman–Crippen LogP) is 2.64. The van der Waals surface area contributed by atoms with E-state index < -0.39 is 0 Å². The first kappa shape index (κ1) is 15.2. The number of nitrogens with one attached hydrogen (secondary N) is 2. The van der Waals surface area contributed by atoms with E-state index in [2.05, 4.69) is 26.6 Å². The third-order valence-electron chi connectivity index (χ3n) is 2.12. The largest absolute Gasteiger partial charge is 0.343 e. The molecule has 4 nitrogen and oxygen atoms in total. The van der Waals surface area contributed by atoms with Gasteiger partial charge in [-0.05, 0) is 35.0 Å². The van der Waals surface area contributed by atoms with Crippen LogP contribution in [0.5, 0.6) is 0 Å². The molecule has 0 aliphatic rings. The first-order valence-electron chi connectivity index (χ1n) is 5.75. The molecule has 2 N–H and O–H groups in total. The number of halogens is 1. The van der Waals surface area contributed by atoms with Crippen molar-refractivity contribution in [1.29, 1.82) is 0 Å². The van der Waals surface area contributed by atoms with Gasteiger partial charge in [0.25, 0.3) is 0 Å². The Morgan fingerprint density at radius 1 is 1.26 bits per heavy atom. The van der Waals surface area contributed by atoms with Crippen LogP contribution in [-0.2, 0) is 9.59 Å². The van der Waals surface area contributed by atoms with Crippen LogP contribution in [0, 0.1) is 0 Å². The van der Waals surface area contributed by atoms with Gasteiger partial charge in [-0.2, -0.15) is 0 Å². The number of carbonyl (C=O) groups excluding carboxylic acids is 2. The van der Waals surface area contributed by atoms with Gasteiger partial charge in [0.2, 0.25) is 11.8 Å². The van der Waals surface area contributed by atoms with Gasteiger partial charge in [-0.25, -0.2) is 0 Å². The highest BCUT2D eigenvalue weighted by Gasteiger charge is 2.05. The minimum Gasteiger partial charge on any atom is -0.343 e. The monoisotopic (exact) mass is 322 g/mol. The van der Waals surface area contributed by atoms with Crippen molar-refractivity contribution in [3.63, 3.8) is 0 Å². The van der Waals surface area contributed by atoms with Gasteiger partial charge >= 0.3 is 0 Å². The van der Waals surface area contributed by atoms with Crippen molar-refractivity contribution < 1.29 is 9.59 Å². The van der Waals surface area contributed by atoms with Crippen LogP contribution in [0.15, 0.2) is 53.0 Å². The summed E-state index contributed by atoms with van der Waals surface area (Å²) >= 11 is 3.33. The van der Waals surface area contributed by atoms with Crippen LogP contribution in [0.4, 0.5) is 5.69 Å². The smallest absolute Gasteiger partial charge is 0.244 e. The molecule has 1 aromatic carbocycles. The molecule has 0 aliphatic carbocycles. The molecule has 0 saturated carbocycles. The van der Waals surface area contributed by atoms with Gasteiger partial charge in [0.05, 0.1) is 12.2 Å². The molecule has 0 spiro atoms. The average Bonchev–Trinajstić information content (AvgIpc) is 2.39. The van der Waals surface area contributed by atoms with Crippen molar-refractivity contribution in [2.75, 3.05) is 11.9 Å². The first-order valence-corrected chi connectivity index (χ1v) is 6.54. The number of allylic oxidation sites excluding steroid dienone is 3. The van der Waals surface area contributed by atoms with Crippen LogP contribution in [0.3, 0.4) is 0 Å². The highest BCUT2D eigenvalue weighted by atomic mass is 79.9. The number of hydrogen-bond acceptors (Lipinski definition) is 2. The van der Waals surface area contributed by atoms with Gasteiger partial charge in [0.15, 0.2) is 0 Å². The Kier molecular flexibility index (Phi) is 6.60. The van der Waals surface area contributed by atoms with E-state index in [1.54, 1.807) is 18.2 Å². The van der Waals surface area contributed by atoms with Crippen LogP contribution in [0.1, 0.15) is 6.92 Å². The van der Waals surface area contributed by atoms with Crippen molar-refractivity contribution in [2.24, 2.45) is 0 Å². The summed E-state index contributed by atoms with van der Waals surface area (Å²) in [5, 5.41) is 5.19. The zero-order valence-electron chi connectivity index (χ0n) is 10.5. The van der Waals surface area contributed by atoms with Crippen LogP contribution >= 0.6 is 15.9 Å². The lowest BCUT2D eigenvalue weighted by Gasteiger charge is -2.07. The molecule has 0 bridgehead atoms. The first-order chi connectivity index (χ1) is 9.13. The maximum absolute atomic E-state index is 11.6. The Morgan fingerprint density at radius 2 is 2.00 bits per heavy atom. The molecule has 1 rings (SSSR count). The Morgan fingerprint density at radius 3 is 2.68 bits per heavy atom. The van der Waals surface area contributed by atoms with E-state index >= 15 is 0 Å². The summed E-state index contributed by atoms with van der Waals surface area (Å²) in [4.78, 5) is 22.9. The maximum atomic E-state index is 11.6. The lowest BCUT2D eigenvalue weighted by molar-refractivity contribution is -0.121. The van der Waals surface area contributed by atoms with Crippen molar-refractivity contribution in [2.45, 2.75) is 6.92 Å². The van der Waals surface area contributed by atoms with Crippen molar-refractivity contribution in [1.82, 2.24) is 5.32 Å². The second-order valence-corrected chi connectivity index (χ2v) is 4.49. The highest BCUT2D eigenvalue weighted by molar-refractivity contribution is 9.10. The van der Waals surface area contributed by atoms with Crippen molar-refractivity contribution in [3.8, 4) is 0 Å². The fourth-order valence-corrected chi connectivity index (χ4v) is 1.62. The van der Waals surface area contributed by atoms with Gasteiger partial charge in [0.1, 0.15) is 0 Å². The Bertz CT molecular complexity index is 510. The summed E-state index contributed by atoms with van der Waals surface area (Å²) in [6.07, 6.45) is 6.52. The van der Waals surface area contributed by atoms with Crippen LogP contribution in [0.2, 0.25) is 0 Å². The molecule has 0 aliphatic heterocycles. The Hall–Kier alpha value is -1.88. The molecule has 1 aromatic rings. The summed E-state index contributed by atoms with van der Waals surface area (Å²) in [7, 11) is 0. The Labute approximate surface area is 120 Å². The standard InChI is InChI=1S/C14H15BrN2O2/c1-2-3-4-9-13(18)16-10-14(19)17-12-8-6-5-7-11(12)15/h2-9H,10H2,1H3,(H,16,18)(H,17,19)/b3-2+,9-4+. The number of rotatable bonds is 5. The van der Waals surface area contributed by atoms with E-state index in [-0.39, 0.29) is 18.4 Å². The zero-order chi connectivity index (χ0) is 14.1. The summed E-state index contributed by atoms with van der Waals surface area (Å²) in [5.41, 5.74) is 0.672. The third-order valence-corrected chi connectivity index (χ3v) is 2.81. The molecule has 0 fully saturated rings. The van der Waals surface area contributed by atoms with Crippen molar-refractivity contribution >= 4 is 33.4 Å². The maximum Gasteiger partial charge on any atom is 0.244 e. The molecule has 5 heteroatoms. The minimum atomic E-state index is -0.305. The zero-order valence-corrected chi connectivity index (χ0v) is 12.1. The van der Waals surface area contributed by atoms with Crippen LogP contribution in [-0.4, -0.2) is 18.4 Å². The molecular formula is C14H15BrN2O2. The number of benzene rings is 1. The molecule has 0 aromatic heterocycles. The normalized spacial score (nSPS) is 10.8. The van der Waals surface area contributed by atoms with E-state index in [0.717, 1.165) is 4.47 Å². The molecule has 0 heterocycles. The molecule has 0 saturated heterocycles. The number of hydrogen-bond donors (Lipinski definition) is 2. The highest BCUT2D eigenvalue weighted by Crippen LogP contribution is 2.20. The number of amides is 2. The van der Waals surface area contributed by atoms with Crippen molar-refractivity contribution in [3.05, 3.63) is 53.0 Å². The minimum absolute atomic E-state index is 0.0691. The average molecular weight is 323 g/mol. The second-order valence-electron chi connectivity index (χ2n) is 3.63. The molecule has 0 unspecified atom stereocenters. The number of para-hydroxylation sites is 1. The molecule has 0 radical (unpaired) electrons. The van der Waals surface area contributed by atoms with E-state index in [4.69, 9.17) is 0 Å². The summed E-state index contributed by atoms with van der Waals surface area (Å²) in [6, 6.07) is 7.27.